The number of methoxy groups -OCH3 is 1. The number of nitrogens with zero attached hydrogens (tertiary/aromatic N) is 7. The summed E-state index contributed by atoms with van der Waals surface area (Å²) < 4.78 is 12.8. The van der Waals surface area contributed by atoms with Gasteiger partial charge in [0.05, 0.1) is 24.6 Å². The van der Waals surface area contributed by atoms with E-state index in [0.29, 0.717) is 28.8 Å². The third-order valence-electron chi connectivity index (χ3n) is 6.55. The van der Waals surface area contributed by atoms with Crippen molar-refractivity contribution in [3.8, 4) is 28.5 Å². The smallest absolute Gasteiger partial charge is 0.410 e. The highest BCUT2D eigenvalue weighted by atomic mass is 16.6. The van der Waals surface area contributed by atoms with Crippen molar-refractivity contribution in [2.45, 2.75) is 70.2 Å². The van der Waals surface area contributed by atoms with Gasteiger partial charge in [0.15, 0.2) is 0 Å². The van der Waals surface area contributed by atoms with Gasteiger partial charge in [-0.05, 0) is 70.7 Å². The van der Waals surface area contributed by atoms with Gasteiger partial charge in [-0.15, -0.1) is 15.3 Å². The maximum Gasteiger partial charge on any atom is 0.410 e. The Kier molecular flexibility index (Phi) is 6.23. The molecular weight excluding hydrogens is 460 g/mol. The number of amides is 1. The zero-order valence-electron chi connectivity index (χ0n) is 21.3. The zero-order valence-corrected chi connectivity index (χ0v) is 21.3. The number of carbonyl (C=O) groups excluding carboxylic acids is 1. The Labute approximate surface area is 210 Å². The highest BCUT2D eigenvalue weighted by molar-refractivity contribution is 5.70. The van der Waals surface area contributed by atoms with Gasteiger partial charge in [-0.3, -0.25) is 4.68 Å². The molecular formula is C25H32N8O3. The topological polar surface area (TPSA) is 120 Å². The van der Waals surface area contributed by atoms with E-state index in [0.717, 1.165) is 31.2 Å². The van der Waals surface area contributed by atoms with Crippen molar-refractivity contribution in [1.29, 1.82) is 0 Å². The number of carbonyl (C=O) groups is 1. The molecule has 2 aliphatic rings. The van der Waals surface area contributed by atoms with Gasteiger partial charge in [0.25, 0.3) is 0 Å². The molecule has 2 bridgehead atoms. The summed E-state index contributed by atoms with van der Waals surface area (Å²) in [5.41, 5.74) is 2.25. The normalized spacial score (nSPS) is 21.4. The Morgan fingerprint density at radius 3 is 2.31 bits per heavy atom. The number of aromatic nitrogens is 6. The fourth-order valence-corrected chi connectivity index (χ4v) is 5.07. The molecule has 2 saturated heterocycles. The Bertz CT molecular complexity index is 1220. The van der Waals surface area contributed by atoms with E-state index >= 15 is 0 Å². The van der Waals surface area contributed by atoms with Crippen LogP contribution in [0.4, 0.5) is 10.6 Å². The molecule has 5 heterocycles. The van der Waals surface area contributed by atoms with Gasteiger partial charge in [0.1, 0.15) is 22.8 Å². The Hall–Kier alpha value is -3.76. The number of pyridine rings is 1. The van der Waals surface area contributed by atoms with Gasteiger partial charge in [-0.1, -0.05) is 5.21 Å². The van der Waals surface area contributed by atoms with Gasteiger partial charge >= 0.3 is 6.09 Å². The summed E-state index contributed by atoms with van der Waals surface area (Å²) >= 11 is 0. The van der Waals surface area contributed by atoms with Gasteiger partial charge in [0, 0.05) is 25.2 Å². The second-order valence-corrected chi connectivity index (χ2v) is 10.4. The number of piperidine rings is 1. The predicted molar refractivity (Wildman–Crippen MR) is 133 cm³/mol. The first-order valence-corrected chi connectivity index (χ1v) is 12.2. The molecule has 2 fully saturated rings. The molecule has 3 aromatic heterocycles. The molecule has 1 amide bonds. The van der Waals surface area contributed by atoms with Crippen molar-refractivity contribution >= 4 is 11.9 Å². The number of nitrogens with one attached hydrogen (secondary N) is 1. The van der Waals surface area contributed by atoms with Crippen molar-refractivity contribution in [3.63, 3.8) is 0 Å². The first-order valence-electron chi connectivity index (χ1n) is 12.2. The third kappa shape index (κ3) is 4.95. The summed E-state index contributed by atoms with van der Waals surface area (Å²) in [6.45, 7) is 5.71. The van der Waals surface area contributed by atoms with E-state index in [1.165, 1.54) is 0 Å². The molecule has 0 aromatic carbocycles. The van der Waals surface area contributed by atoms with Crippen molar-refractivity contribution in [2.24, 2.45) is 7.05 Å². The SMILES string of the molecule is COc1nc(-c2ccc(NC3C[C@H]4CC[C@@H](C3)N4C(=O)OC(C)(C)C)nn2)ccc1-c1cn(C)nn1. The van der Waals surface area contributed by atoms with E-state index < -0.39 is 5.60 Å². The molecule has 36 heavy (non-hydrogen) atoms. The number of rotatable bonds is 5. The molecule has 0 radical (unpaired) electrons. The monoisotopic (exact) mass is 492 g/mol. The molecule has 3 atom stereocenters. The van der Waals surface area contributed by atoms with Gasteiger partial charge in [-0.25, -0.2) is 9.78 Å². The van der Waals surface area contributed by atoms with E-state index in [1.807, 2.05) is 63.2 Å². The summed E-state index contributed by atoms with van der Waals surface area (Å²) in [7, 11) is 3.39. The fourth-order valence-electron chi connectivity index (χ4n) is 5.07. The molecule has 0 aliphatic carbocycles. The standard InChI is InChI=1S/C25H32N8O3/c1-25(2,3)36-24(34)33-16-6-7-17(33)13-15(12-16)26-22-11-10-20(28-30-22)19-9-8-18(23(27-19)35-5)21-14-32(4)31-29-21/h8-11,14-17H,6-7,12-13H2,1-5H3,(H,26,30)/t15?,16-,17+. The van der Waals surface area contributed by atoms with Gasteiger partial charge in [0.2, 0.25) is 5.88 Å². The summed E-state index contributed by atoms with van der Waals surface area (Å²) in [5, 5.41) is 20.4. The van der Waals surface area contributed by atoms with Crippen molar-refractivity contribution < 1.29 is 14.3 Å². The van der Waals surface area contributed by atoms with E-state index in [9.17, 15) is 4.79 Å². The fraction of sp³-hybridized carbons (Fsp3) is 0.520. The maximum atomic E-state index is 12.7. The van der Waals surface area contributed by atoms with Crippen LogP contribution in [-0.2, 0) is 11.8 Å². The number of hydrogen-bond donors (Lipinski definition) is 1. The summed E-state index contributed by atoms with van der Waals surface area (Å²) in [5.74, 6) is 1.15. The molecule has 11 heteroatoms. The molecule has 0 spiro atoms. The van der Waals surface area contributed by atoms with Crippen molar-refractivity contribution in [2.75, 3.05) is 12.4 Å². The molecule has 190 valence electrons. The molecule has 2 aliphatic heterocycles. The average molecular weight is 493 g/mol. The van der Waals surface area contributed by atoms with Crippen LogP contribution in [0.2, 0.25) is 0 Å². The van der Waals surface area contributed by atoms with E-state index in [2.05, 4.69) is 30.8 Å². The number of ether oxygens (including phenoxy) is 2. The lowest BCUT2D eigenvalue weighted by Gasteiger charge is -2.39. The van der Waals surface area contributed by atoms with Crippen LogP contribution < -0.4 is 10.1 Å². The maximum absolute atomic E-state index is 12.7. The van der Waals surface area contributed by atoms with E-state index in [4.69, 9.17) is 9.47 Å². The molecule has 1 N–H and O–H groups in total. The molecule has 0 saturated carbocycles. The first kappa shape index (κ1) is 24.0. The van der Waals surface area contributed by atoms with Crippen LogP contribution in [0.5, 0.6) is 5.88 Å². The first-order chi connectivity index (χ1) is 17.2. The Morgan fingerprint density at radius 2 is 1.72 bits per heavy atom. The van der Waals surface area contributed by atoms with Crippen molar-refractivity contribution in [3.05, 3.63) is 30.5 Å². The van der Waals surface area contributed by atoms with Crippen LogP contribution in [-0.4, -0.2) is 72.0 Å². The lowest BCUT2D eigenvalue weighted by atomic mass is 9.97. The van der Waals surface area contributed by atoms with Crippen LogP contribution >= 0.6 is 0 Å². The van der Waals surface area contributed by atoms with Crippen LogP contribution in [0.3, 0.4) is 0 Å². The summed E-state index contributed by atoms with van der Waals surface area (Å²) in [4.78, 5) is 19.2. The predicted octanol–water partition coefficient (Wildman–Crippen LogP) is 3.69. The molecule has 3 aromatic rings. The second kappa shape index (κ2) is 9.36. The molecule has 5 rings (SSSR count). The van der Waals surface area contributed by atoms with E-state index in [-0.39, 0.29) is 24.2 Å². The lowest BCUT2D eigenvalue weighted by Crippen LogP contribution is -2.51. The molecule has 1 unspecified atom stereocenters. The minimum absolute atomic E-state index is 0.188. The number of fused-ring (bicyclic) bond motifs is 2. The highest BCUT2D eigenvalue weighted by Gasteiger charge is 2.44. The number of anilines is 1. The summed E-state index contributed by atoms with van der Waals surface area (Å²) in [6, 6.07) is 8.17. The summed E-state index contributed by atoms with van der Waals surface area (Å²) in [6.07, 6.45) is 5.34. The van der Waals surface area contributed by atoms with Crippen LogP contribution in [0, 0.1) is 0 Å². The van der Waals surface area contributed by atoms with E-state index in [1.54, 1.807) is 11.8 Å². The van der Waals surface area contributed by atoms with Gasteiger partial charge in [-0.2, -0.15) is 0 Å². The third-order valence-corrected chi connectivity index (χ3v) is 6.55. The van der Waals surface area contributed by atoms with Crippen LogP contribution in [0.15, 0.2) is 30.5 Å². The number of hydrogen-bond acceptors (Lipinski definition) is 9. The average Bonchev–Trinajstić information content (AvgIpc) is 3.38. The Morgan fingerprint density at radius 1 is 1.00 bits per heavy atom. The highest BCUT2D eigenvalue weighted by Crippen LogP contribution is 2.38. The Balaban J connectivity index is 1.25. The lowest BCUT2D eigenvalue weighted by molar-refractivity contribution is 0.00682. The second-order valence-electron chi connectivity index (χ2n) is 10.4. The van der Waals surface area contributed by atoms with Crippen LogP contribution in [0.1, 0.15) is 46.5 Å². The van der Waals surface area contributed by atoms with Gasteiger partial charge < -0.3 is 19.7 Å². The molecule has 11 nitrogen and oxygen atoms in total. The number of aryl methyl sites for hydroxylation is 1. The van der Waals surface area contributed by atoms with Crippen molar-refractivity contribution in [1.82, 2.24) is 35.1 Å². The van der Waals surface area contributed by atoms with Crippen LogP contribution in [0.25, 0.3) is 22.6 Å². The quantitative estimate of drug-likeness (QED) is 0.568. The minimum Gasteiger partial charge on any atom is -0.480 e. The zero-order chi connectivity index (χ0) is 25.4. The largest absolute Gasteiger partial charge is 0.480 e. The minimum atomic E-state index is -0.488.